The maximum Gasteiger partial charge on any atom is 0.223 e. The second-order valence-corrected chi connectivity index (χ2v) is 5.16. The molecule has 1 fully saturated rings. The number of nitrogens with two attached hydrogens (primary N) is 1. The number of halogens is 2. The number of nitrogens with zero attached hydrogens (tertiary/aromatic N) is 1. The second kappa shape index (κ2) is 5.16. The van der Waals surface area contributed by atoms with E-state index < -0.39 is 11.8 Å². The molecule has 2 rings (SSSR count). The van der Waals surface area contributed by atoms with Crippen LogP contribution >= 0.6 is 23.2 Å². The van der Waals surface area contributed by atoms with E-state index in [0.29, 0.717) is 23.1 Å². The van der Waals surface area contributed by atoms with E-state index >= 15 is 0 Å². The fourth-order valence-corrected chi connectivity index (χ4v) is 2.44. The molecule has 1 atom stereocenters. The van der Waals surface area contributed by atoms with Crippen LogP contribution in [0, 0.1) is 5.92 Å². The second-order valence-electron chi connectivity index (χ2n) is 4.31. The van der Waals surface area contributed by atoms with E-state index in [9.17, 15) is 9.59 Å². The number of carbonyl (C=O) groups excluding carboxylic acids is 2. The number of carbonyl (C=O) groups is 2. The van der Waals surface area contributed by atoms with Gasteiger partial charge in [-0.2, -0.15) is 0 Å². The van der Waals surface area contributed by atoms with Crippen LogP contribution in [0.5, 0.6) is 0 Å². The number of rotatable bonds is 3. The molecule has 96 valence electrons. The zero-order valence-corrected chi connectivity index (χ0v) is 11.0. The van der Waals surface area contributed by atoms with Gasteiger partial charge in [0.2, 0.25) is 11.8 Å². The lowest BCUT2D eigenvalue weighted by atomic mass is 10.1. The SMILES string of the molecule is NC(=O)C1CC(=O)N(Cc2ccc(Cl)cc2Cl)C1. The Kier molecular flexibility index (Phi) is 3.78. The molecule has 1 unspecified atom stereocenters. The van der Waals surface area contributed by atoms with Crippen LogP contribution in [-0.2, 0) is 16.1 Å². The van der Waals surface area contributed by atoms with E-state index in [1.807, 2.05) is 0 Å². The number of likely N-dealkylation sites (tertiary alicyclic amines) is 1. The summed E-state index contributed by atoms with van der Waals surface area (Å²) < 4.78 is 0. The van der Waals surface area contributed by atoms with Gasteiger partial charge in [-0.15, -0.1) is 0 Å². The molecule has 1 heterocycles. The average Bonchev–Trinajstić information content (AvgIpc) is 2.64. The fourth-order valence-electron chi connectivity index (χ4n) is 1.97. The molecule has 1 aromatic carbocycles. The fraction of sp³-hybridized carbons (Fsp3) is 0.333. The number of hydrogen-bond acceptors (Lipinski definition) is 2. The summed E-state index contributed by atoms with van der Waals surface area (Å²) in [6.45, 7) is 0.728. The lowest BCUT2D eigenvalue weighted by Gasteiger charge is -2.17. The van der Waals surface area contributed by atoms with Gasteiger partial charge < -0.3 is 10.6 Å². The highest BCUT2D eigenvalue weighted by Gasteiger charge is 2.33. The van der Waals surface area contributed by atoms with Crippen LogP contribution in [0.2, 0.25) is 10.0 Å². The lowest BCUT2D eigenvalue weighted by Crippen LogP contribution is -2.28. The average molecular weight is 287 g/mol. The van der Waals surface area contributed by atoms with Crippen molar-refractivity contribution in [3.8, 4) is 0 Å². The minimum atomic E-state index is -0.437. The quantitative estimate of drug-likeness (QED) is 0.921. The third-order valence-corrected chi connectivity index (χ3v) is 3.58. The highest BCUT2D eigenvalue weighted by molar-refractivity contribution is 6.35. The topological polar surface area (TPSA) is 63.4 Å². The van der Waals surface area contributed by atoms with Crippen LogP contribution < -0.4 is 5.73 Å². The van der Waals surface area contributed by atoms with Gasteiger partial charge in [-0.1, -0.05) is 29.3 Å². The van der Waals surface area contributed by atoms with Crippen molar-refractivity contribution >= 4 is 35.0 Å². The first-order chi connectivity index (χ1) is 8.47. The van der Waals surface area contributed by atoms with Crippen molar-refractivity contribution in [1.29, 1.82) is 0 Å². The first-order valence-corrected chi connectivity index (χ1v) is 6.24. The Morgan fingerprint density at radius 3 is 2.72 bits per heavy atom. The third-order valence-electron chi connectivity index (χ3n) is 2.99. The predicted molar refractivity (Wildman–Crippen MR) is 69.2 cm³/mol. The van der Waals surface area contributed by atoms with Crippen molar-refractivity contribution in [2.75, 3.05) is 6.54 Å². The van der Waals surface area contributed by atoms with Gasteiger partial charge in [-0.25, -0.2) is 0 Å². The monoisotopic (exact) mass is 286 g/mol. The van der Waals surface area contributed by atoms with Gasteiger partial charge in [0.05, 0.1) is 5.92 Å². The van der Waals surface area contributed by atoms with E-state index in [1.54, 1.807) is 23.1 Å². The molecule has 0 bridgehead atoms. The van der Waals surface area contributed by atoms with Crippen molar-refractivity contribution < 1.29 is 9.59 Å². The number of benzene rings is 1. The molecule has 0 aliphatic carbocycles. The van der Waals surface area contributed by atoms with Gasteiger partial charge in [-0.05, 0) is 17.7 Å². The minimum absolute atomic E-state index is 0.0789. The lowest BCUT2D eigenvalue weighted by molar-refractivity contribution is -0.128. The minimum Gasteiger partial charge on any atom is -0.369 e. The van der Waals surface area contributed by atoms with E-state index in [-0.39, 0.29) is 12.3 Å². The van der Waals surface area contributed by atoms with Gasteiger partial charge in [-0.3, -0.25) is 9.59 Å². The van der Waals surface area contributed by atoms with E-state index in [0.717, 1.165) is 5.56 Å². The van der Waals surface area contributed by atoms with Crippen LogP contribution in [0.25, 0.3) is 0 Å². The van der Waals surface area contributed by atoms with Gasteiger partial charge in [0.25, 0.3) is 0 Å². The summed E-state index contributed by atoms with van der Waals surface area (Å²) in [6, 6.07) is 5.12. The number of hydrogen-bond donors (Lipinski definition) is 1. The van der Waals surface area contributed by atoms with Gasteiger partial charge in [0, 0.05) is 29.6 Å². The van der Waals surface area contributed by atoms with Crippen molar-refractivity contribution in [3.63, 3.8) is 0 Å². The number of amides is 2. The standard InChI is InChI=1S/C12H12Cl2N2O2/c13-9-2-1-7(10(14)4-9)5-16-6-8(12(15)18)3-11(16)17/h1-2,4,8H,3,5-6H2,(H2,15,18). The third kappa shape index (κ3) is 2.76. The zero-order chi connectivity index (χ0) is 13.3. The molecule has 18 heavy (non-hydrogen) atoms. The molecule has 0 radical (unpaired) electrons. The van der Waals surface area contributed by atoms with Crippen LogP contribution in [0.4, 0.5) is 0 Å². The summed E-state index contributed by atoms with van der Waals surface area (Å²) in [5, 5.41) is 1.06. The molecule has 2 N–H and O–H groups in total. The van der Waals surface area contributed by atoms with E-state index in [1.165, 1.54) is 0 Å². The largest absolute Gasteiger partial charge is 0.369 e. The Bertz CT molecular complexity index is 505. The molecule has 1 aromatic rings. The normalized spacial score (nSPS) is 19.3. The molecule has 0 saturated carbocycles. The van der Waals surface area contributed by atoms with Crippen molar-refractivity contribution in [2.45, 2.75) is 13.0 Å². The van der Waals surface area contributed by atoms with Crippen molar-refractivity contribution in [1.82, 2.24) is 4.90 Å². The predicted octanol–water partition coefficient (Wildman–Crippen LogP) is 1.83. The molecule has 0 spiro atoms. The molecule has 0 aromatic heterocycles. The first-order valence-electron chi connectivity index (χ1n) is 5.48. The zero-order valence-electron chi connectivity index (χ0n) is 9.53. The van der Waals surface area contributed by atoms with Crippen LogP contribution in [0.15, 0.2) is 18.2 Å². The van der Waals surface area contributed by atoms with Gasteiger partial charge in [0.1, 0.15) is 0 Å². The molecule has 1 aliphatic rings. The highest BCUT2D eigenvalue weighted by Crippen LogP contribution is 2.25. The van der Waals surface area contributed by atoms with E-state index in [4.69, 9.17) is 28.9 Å². The van der Waals surface area contributed by atoms with Crippen molar-refractivity contribution in [2.24, 2.45) is 11.7 Å². The Balaban J connectivity index is 2.10. The Hall–Kier alpha value is -1.26. The molecule has 1 saturated heterocycles. The summed E-state index contributed by atoms with van der Waals surface area (Å²) in [7, 11) is 0. The maximum absolute atomic E-state index is 11.7. The smallest absolute Gasteiger partial charge is 0.223 e. The number of primary amides is 1. The van der Waals surface area contributed by atoms with Crippen LogP contribution in [-0.4, -0.2) is 23.3 Å². The summed E-state index contributed by atoms with van der Waals surface area (Å²) in [5.74, 6) is -0.915. The van der Waals surface area contributed by atoms with Crippen LogP contribution in [0.3, 0.4) is 0 Å². The molecular formula is C12H12Cl2N2O2. The summed E-state index contributed by atoms with van der Waals surface area (Å²) in [5.41, 5.74) is 6.01. The molecular weight excluding hydrogens is 275 g/mol. The molecule has 4 nitrogen and oxygen atoms in total. The molecule has 1 aliphatic heterocycles. The van der Waals surface area contributed by atoms with Gasteiger partial charge >= 0.3 is 0 Å². The van der Waals surface area contributed by atoms with Crippen molar-refractivity contribution in [3.05, 3.63) is 33.8 Å². The van der Waals surface area contributed by atoms with Crippen LogP contribution in [0.1, 0.15) is 12.0 Å². The first kappa shape index (κ1) is 13.2. The maximum atomic E-state index is 11.7. The highest BCUT2D eigenvalue weighted by atomic mass is 35.5. The summed E-state index contributed by atoms with van der Waals surface area (Å²) in [4.78, 5) is 24.4. The summed E-state index contributed by atoms with van der Waals surface area (Å²) >= 11 is 11.8. The molecule has 2 amide bonds. The molecule has 6 heteroatoms. The Morgan fingerprint density at radius 2 is 2.17 bits per heavy atom. The van der Waals surface area contributed by atoms with E-state index in [2.05, 4.69) is 0 Å². The summed E-state index contributed by atoms with van der Waals surface area (Å²) in [6.07, 6.45) is 0.181. The van der Waals surface area contributed by atoms with Gasteiger partial charge in [0.15, 0.2) is 0 Å². The Morgan fingerprint density at radius 1 is 1.44 bits per heavy atom. The Labute approximate surface area is 115 Å².